The number of Topliss-reactive ketones (excluding diaryl/α,β-unsaturated/α-hetero) is 1. The summed E-state index contributed by atoms with van der Waals surface area (Å²) in [5.41, 5.74) is 9.13. The van der Waals surface area contributed by atoms with E-state index in [1.165, 1.54) is 0 Å². The molecule has 1 aromatic carbocycles. The molecule has 1 rings (SSSR count). The average molecular weight is 205 g/mol. The standard InChI is InChI=1S/C9H9N3O.C2H6/c1-2-9(13)7-5-3-4-6-8(7)11-12-10;1-2/h3-6H,2H2,1H3;1-2H3. The first-order valence-corrected chi connectivity index (χ1v) is 4.97. The third-order valence-electron chi connectivity index (χ3n) is 1.68. The van der Waals surface area contributed by atoms with Crippen LogP contribution in [0.5, 0.6) is 0 Å². The van der Waals surface area contributed by atoms with Gasteiger partial charge in [-0.2, -0.15) is 0 Å². The van der Waals surface area contributed by atoms with Crippen LogP contribution in [-0.2, 0) is 0 Å². The highest BCUT2D eigenvalue weighted by molar-refractivity contribution is 6.00. The maximum atomic E-state index is 11.3. The second kappa shape index (κ2) is 7.59. The molecule has 0 bridgehead atoms. The first kappa shape index (κ1) is 13.2. The molecule has 0 spiro atoms. The number of benzene rings is 1. The van der Waals surface area contributed by atoms with Crippen molar-refractivity contribution in [3.8, 4) is 0 Å². The molecule has 0 radical (unpaired) electrons. The van der Waals surface area contributed by atoms with Crippen LogP contribution in [0.4, 0.5) is 5.69 Å². The first-order valence-electron chi connectivity index (χ1n) is 4.97. The minimum Gasteiger partial charge on any atom is -0.294 e. The number of rotatable bonds is 3. The van der Waals surface area contributed by atoms with E-state index in [2.05, 4.69) is 10.0 Å². The Bertz CT molecular complexity index is 368. The van der Waals surface area contributed by atoms with Gasteiger partial charge in [0.25, 0.3) is 0 Å². The van der Waals surface area contributed by atoms with Gasteiger partial charge in [-0.3, -0.25) is 4.79 Å². The number of ketones is 1. The Morgan fingerprint density at radius 1 is 1.40 bits per heavy atom. The fraction of sp³-hybridized carbons (Fsp3) is 0.364. The molecule has 0 aromatic heterocycles. The highest BCUT2D eigenvalue weighted by Gasteiger charge is 2.06. The predicted molar refractivity (Wildman–Crippen MR) is 61.2 cm³/mol. The number of carbonyl (C=O) groups excluding carboxylic acids is 1. The molecule has 0 saturated heterocycles. The molecule has 0 heterocycles. The number of nitrogens with zero attached hydrogens (tertiary/aromatic N) is 3. The van der Waals surface area contributed by atoms with Crippen LogP contribution in [0.25, 0.3) is 10.4 Å². The zero-order chi connectivity index (χ0) is 11.7. The summed E-state index contributed by atoms with van der Waals surface area (Å²) in [4.78, 5) is 14.0. The maximum Gasteiger partial charge on any atom is 0.163 e. The SMILES string of the molecule is CC.CCC(=O)c1ccccc1N=[N+]=[N-]. The lowest BCUT2D eigenvalue weighted by molar-refractivity contribution is 0.0989. The first-order chi connectivity index (χ1) is 7.29. The van der Waals surface area contributed by atoms with Crippen molar-refractivity contribution in [2.24, 2.45) is 5.11 Å². The van der Waals surface area contributed by atoms with Crippen molar-refractivity contribution in [1.29, 1.82) is 0 Å². The van der Waals surface area contributed by atoms with Gasteiger partial charge in [0.2, 0.25) is 0 Å². The van der Waals surface area contributed by atoms with Crippen LogP contribution >= 0.6 is 0 Å². The third kappa shape index (κ3) is 3.83. The monoisotopic (exact) mass is 205 g/mol. The molecule has 15 heavy (non-hydrogen) atoms. The van der Waals surface area contributed by atoms with Gasteiger partial charge in [0.15, 0.2) is 5.78 Å². The van der Waals surface area contributed by atoms with E-state index in [-0.39, 0.29) is 5.78 Å². The van der Waals surface area contributed by atoms with E-state index in [9.17, 15) is 4.79 Å². The van der Waals surface area contributed by atoms with Crippen molar-refractivity contribution in [2.45, 2.75) is 27.2 Å². The van der Waals surface area contributed by atoms with Crippen LogP contribution in [0.3, 0.4) is 0 Å². The normalized spacial score (nSPS) is 8.20. The van der Waals surface area contributed by atoms with Crippen molar-refractivity contribution in [2.75, 3.05) is 0 Å². The van der Waals surface area contributed by atoms with Gasteiger partial charge in [0, 0.05) is 22.6 Å². The summed E-state index contributed by atoms with van der Waals surface area (Å²) in [6, 6.07) is 6.77. The zero-order valence-corrected chi connectivity index (χ0v) is 9.27. The third-order valence-corrected chi connectivity index (χ3v) is 1.68. The molecule has 0 aliphatic carbocycles. The molecular formula is C11H15N3O. The van der Waals surface area contributed by atoms with E-state index in [1.54, 1.807) is 31.2 Å². The molecule has 0 unspecified atom stereocenters. The van der Waals surface area contributed by atoms with Crippen LogP contribution in [0.1, 0.15) is 37.6 Å². The molecule has 0 amide bonds. The summed E-state index contributed by atoms with van der Waals surface area (Å²) in [7, 11) is 0. The van der Waals surface area contributed by atoms with Gasteiger partial charge in [0.05, 0.1) is 0 Å². The average Bonchev–Trinajstić information content (AvgIpc) is 2.32. The zero-order valence-electron chi connectivity index (χ0n) is 9.27. The van der Waals surface area contributed by atoms with Gasteiger partial charge in [-0.15, -0.1) is 0 Å². The second-order valence-corrected chi connectivity index (χ2v) is 2.48. The molecule has 0 N–H and O–H groups in total. The van der Waals surface area contributed by atoms with E-state index in [0.717, 1.165) is 0 Å². The molecule has 0 saturated carbocycles. The quantitative estimate of drug-likeness (QED) is 0.315. The highest BCUT2D eigenvalue weighted by atomic mass is 16.1. The van der Waals surface area contributed by atoms with Crippen molar-refractivity contribution >= 4 is 11.5 Å². The summed E-state index contributed by atoms with van der Waals surface area (Å²) < 4.78 is 0. The fourth-order valence-electron chi connectivity index (χ4n) is 1.04. The largest absolute Gasteiger partial charge is 0.294 e. The molecule has 4 heteroatoms. The Morgan fingerprint density at radius 2 is 2.00 bits per heavy atom. The molecule has 80 valence electrons. The topological polar surface area (TPSA) is 65.8 Å². The molecule has 0 fully saturated rings. The van der Waals surface area contributed by atoms with Gasteiger partial charge >= 0.3 is 0 Å². The summed E-state index contributed by atoms with van der Waals surface area (Å²) in [5.74, 6) is -0.0111. The second-order valence-electron chi connectivity index (χ2n) is 2.48. The number of hydrogen-bond donors (Lipinski definition) is 0. The minimum absolute atomic E-state index is 0.0111. The summed E-state index contributed by atoms with van der Waals surface area (Å²) >= 11 is 0. The highest BCUT2D eigenvalue weighted by Crippen LogP contribution is 2.19. The van der Waals surface area contributed by atoms with Gasteiger partial charge in [0.1, 0.15) is 0 Å². The van der Waals surface area contributed by atoms with E-state index >= 15 is 0 Å². The summed E-state index contributed by atoms with van der Waals surface area (Å²) in [6.07, 6.45) is 0.415. The Balaban J connectivity index is 0.000000921. The Kier molecular flexibility index (Phi) is 6.68. The minimum atomic E-state index is -0.0111. The molecular weight excluding hydrogens is 190 g/mol. The Labute approximate surface area is 89.6 Å². The molecule has 0 aliphatic rings. The van der Waals surface area contributed by atoms with Gasteiger partial charge < -0.3 is 0 Å². The van der Waals surface area contributed by atoms with Gasteiger partial charge in [-0.25, -0.2) is 0 Å². The predicted octanol–water partition coefficient (Wildman–Crippen LogP) is 4.25. The molecule has 4 nitrogen and oxygen atoms in total. The van der Waals surface area contributed by atoms with E-state index in [1.807, 2.05) is 13.8 Å². The summed E-state index contributed by atoms with van der Waals surface area (Å²) in [5, 5.41) is 3.44. The molecule has 0 atom stereocenters. The molecule has 0 aliphatic heterocycles. The maximum absolute atomic E-state index is 11.3. The number of hydrogen-bond acceptors (Lipinski definition) is 2. The fourth-order valence-corrected chi connectivity index (χ4v) is 1.04. The van der Waals surface area contributed by atoms with Gasteiger partial charge in [-0.1, -0.05) is 50.2 Å². The molecule has 1 aromatic rings. The smallest absolute Gasteiger partial charge is 0.163 e. The Morgan fingerprint density at radius 3 is 2.53 bits per heavy atom. The Hall–Kier alpha value is -1.80. The van der Waals surface area contributed by atoms with Gasteiger partial charge in [-0.05, 0) is 5.53 Å². The van der Waals surface area contributed by atoms with Crippen molar-refractivity contribution in [3.63, 3.8) is 0 Å². The lowest BCUT2D eigenvalue weighted by Gasteiger charge is -2.00. The van der Waals surface area contributed by atoms with Crippen LogP contribution in [-0.4, -0.2) is 5.78 Å². The number of carbonyl (C=O) groups is 1. The van der Waals surface area contributed by atoms with E-state index < -0.39 is 0 Å². The van der Waals surface area contributed by atoms with Crippen molar-refractivity contribution < 1.29 is 4.79 Å². The van der Waals surface area contributed by atoms with Crippen LogP contribution < -0.4 is 0 Å². The van der Waals surface area contributed by atoms with Crippen molar-refractivity contribution in [3.05, 3.63) is 40.3 Å². The van der Waals surface area contributed by atoms with E-state index in [0.29, 0.717) is 17.7 Å². The lowest BCUT2D eigenvalue weighted by Crippen LogP contribution is -1.95. The van der Waals surface area contributed by atoms with Crippen LogP contribution in [0.2, 0.25) is 0 Å². The summed E-state index contributed by atoms with van der Waals surface area (Å²) in [6.45, 7) is 5.77. The van der Waals surface area contributed by atoms with Crippen LogP contribution in [0.15, 0.2) is 29.4 Å². The lowest BCUT2D eigenvalue weighted by atomic mass is 10.1. The van der Waals surface area contributed by atoms with E-state index in [4.69, 9.17) is 5.53 Å². The van der Waals surface area contributed by atoms with Crippen LogP contribution in [0, 0.1) is 0 Å². The number of azide groups is 1. The van der Waals surface area contributed by atoms with Crippen molar-refractivity contribution in [1.82, 2.24) is 0 Å².